The number of nitrogens with zero attached hydrogens (tertiary/aromatic N) is 1. The first kappa shape index (κ1) is 23.0. The van der Waals surface area contributed by atoms with Crippen molar-refractivity contribution >= 4 is 32.8 Å². The average Bonchev–Trinajstić information content (AvgIpc) is 3.03. The van der Waals surface area contributed by atoms with Crippen LogP contribution >= 0.6 is 11.3 Å². The lowest BCUT2D eigenvalue weighted by Crippen LogP contribution is -2.27. The van der Waals surface area contributed by atoms with E-state index in [4.69, 9.17) is 9.47 Å². The Balaban J connectivity index is 1.84. The molecule has 9 heteroatoms. The summed E-state index contributed by atoms with van der Waals surface area (Å²) in [7, 11) is 0. The zero-order valence-corrected chi connectivity index (χ0v) is 18.4. The number of hydrogen-bond donors (Lipinski definition) is 1. The first-order valence-corrected chi connectivity index (χ1v) is 10.4. The van der Waals surface area contributed by atoms with E-state index in [0.717, 1.165) is 34.6 Å². The molecule has 1 N–H and O–H groups in total. The van der Waals surface area contributed by atoms with Gasteiger partial charge in [-0.25, -0.2) is 9.78 Å². The molecule has 0 saturated carbocycles. The monoisotopic (exact) mass is 452 g/mol. The van der Waals surface area contributed by atoms with Crippen molar-refractivity contribution in [3.05, 3.63) is 58.7 Å². The Hall–Kier alpha value is -2.65. The van der Waals surface area contributed by atoms with Gasteiger partial charge in [-0.1, -0.05) is 41.2 Å². The topological polar surface area (TPSA) is 60.5 Å². The number of nitrogens with one attached hydrogen (secondary N) is 1. The molecule has 0 unspecified atom stereocenters. The predicted octanol–water partition coefficient (Wildman–Crippen LogP) is 6.69. The van der Waals surface area contributed by atoms with Gasteiger partial charge in [-0.05, 0) is 45.4 Å². The summed E-state index contributed by atoms with van der Waals surface area (Å²) in [5.74, 6) is 0. The van der Waals surface area contributed by atoms with E-state index in [-0.39, 0.29) is 18.3 Å². The Kier molecular flexibility index (Phi) is 6.56. The van der Waals surface area contributed by atoms with Crippen LogP contribution in [0.15, 0.2) is 36.4 Å². The number of halogens is 3. The summed E-state index contributed by atoms with van der Waals surface area (Å²) in [5.41, 5.74) is 1.18. The van der Waals surface area contributed by atoms with E-state index in [1.54, 1.807) is 20.8 Å². The van der Waals surface area contributed by atoms with Gasteiger partial charge in [0.15, 0.2) is 5.13 Å². The maximum atomic E-state index is 13.4. The summed E-state index contributed by atoms with van der Waals surface area (Å²) in [4.78, 5) is 16.3. The van der Waals surface area contributed by atoms with E-state index in [0.29, 0.717) is 15.8 Å². The molecule has 3 aromatic rings. The normalized spacial score (nSPS) is 12.2. The number of carbonyl (C=O) groups is 1. The standard InChI is InChI=1S/C22H23F3N2O3S/c1-13-5-7-14(8-6-13)11-29-12-15-9-16(22(23,24)25)10-17-18(15)26-19(31-17)27-20(28)30-21(2,3)4/h5-10H,11-12H2,1-4H3,(H,26,27,28). The fraction of sp³-hybridized carbons (Fsp3) is 0.364. The van der Waals surface area contributed by atoms with Gasteiger partial charge in [0.2, 0.25) is 0 Å². The summed E-state index contributed by atoms with van der Waals surface area (Å²) in [6, 6.07) is 9.75. The third kappa shape index (κ3) is 6.41. The van der Waals surface area contributed by atoms with Crippen LogP contribution in [0.5, 0.6) is 0 Å². The van der Waals surface area contributed by atoms with Crippen LogP contribution in [0.4, 0.5) is 23.1 Å². The van der Waals surface area contributed by atoms with E-state index in [1.807, 2.05) is 31.2 Å². The van der Waals surface area contributed by atoms with Gasteiger partial charge in [0, 0.05) is 5.56 Å². The van der Waals surface area contributed by atoms with Crippen molar-refractivity contribution in [1.82, 2.24) is 4.98 Å². The fourth-order valence-electron chi connectivity index (χ4n) is 2.78. The van der Waals surface area contributed by atoms with Gasteiger partial charge < -0.3 is 9.47 Å². The molecular formula is C22H23F3N2O3S. The van der Waals surface area contributed by atoms with Gasteiger partial charge >= 0.3 is 12.3 Å². The zero-order chi connectivity index (χ0) is 22.8. The van der Waals surface area contributed by atoms with Crippen LogP contribution in [0.2, 0.25) is 0 Å². The highest BCUT2D eigenvalue weighted by atomic mass is 32.1. The number of aryl methyl sites for hydroxylation is 1. The minimum absolute atomic E-state index is 0.0517. The smallest absolute Gasteiger partial charge is 0.416 e. The minimum Gasteiger partial charge on any atom is -0.444 e. The van der Waals surface area contributed by atoms with Crippen LogP contribution < -0.4 is 5.32 Å². The number of fused-ring (bicyclic) bond motifs is 1. The number of anilines is 1. The number of ether oxygens (including phenoxy) is 2. The van der Waals surface area contributed by atoms with Crippen molar-refractivity contribution in [2.24, 2.45) is 0 Å². The molecule has 1 amide bonds. The van der Waals surface area contributed by atoms with Crippen LogP contribution in [0, 0.1) is 6.92 Å². The molecule has 0 atom stereocenters. The quantitative estimate of drug-likeness (QED) is 0.469. The van der Waals surface area contributed by atoms with E-state index >= 15 is 0 Å². The van der Waals surface area contributed by atoms with Crippen LogP contribution in [0.3, 0.4) is 0 Å². The third-order valence-electron chi connectivity index (χ3n) is 4.16. The van der Waals surface area contributed by atoms with E-state index < -0.39 is 23.4 Å². The summed E-state index contributed by atoms with van der Waals surface area (Å²) < 4.78 is 51.3. The van der Waals surface area contributed by atoms with Gasteiger partial charge in [0.1, 0.15) is 5.60 Å². The molecule has 31 heavy (non-hydrogen) atoms. The molecule has 1 aromatic heterocycles. The van der Waals surface area contributed by atoms with Crippen molar-refractivity contribution in [2.75, 3.05) is 5.32 Å². The van der Waals surface area contributed by atoms with Gasteiger partial charge in [0.05, 0.1) is 29.0 Å². The fourth-order valence-corrected chi connectivity index (χ4v) is 3.72. The first-order valence-electron chi connectivity index (χ1n) is 9.55. The molecule has 5 nitrogen and oxygen atoms in total. The number of amides is 1. The number of aromatic nitrogens is 1. The van der Waals surface area contributed by atoms with Crippen LogP contribution in [0.1, 0.15) is 43.0 Å². The lowest BCUT2D eigenvalue weighted by Gasteiger charge is -2.18. The molecule has 166 valence electrons. The molecule has 0 radical (unpaired) electrons. The van der Waals surface area contributed by atoms with Gasteiger partial charge in [-0.3, -0.25) is 5.32 Å². The molecular weight excluding hydrogens is 429 g/mol. The summed E-state index contributed by atoms with van der Waals surface area (Å²) in [6.07, 6.45) is -5.23. The second kappa shape index (κ2) is 8.84. The zero-order valence-electron chi connectivity index (χ0n) is 17.6. The SMILES string of the molecule is Cc1ccc(COCc2cc(C(F)(F)F)cc3sc(NC(=O)OC(C)(C)C)nc23)cc1. The molecule has 1 heterocycles. The Morgan fingerprint density at radius 3 is 2.39 bits per heavy atom. The maximum Gasteiger partial charge on any atom is 0.416 e. The number of rotatable bonds is 5. The molecule has 0 aliphatic rings. The van der Waals surface area contributed by atoms with Gasteiger partial charge in [-0.15, -0.1) is 0 Å². The largest absolute Gasteiger partial charge is 0.444 e. The summed E-state index contributed by atoms with van der Waals surface area (Å²) in [6.45, 7) is 7.31. The maximum absolute atomic E-state index is 13.4. The predicted molar refractivity (Wildman–Crippen MR) is 114 cm³/mol. The number of hydrogen-bond acceptors (Lipinski definition) is 5. The van der Waals surface area contributed by atoms with Crippen molar-refractivity contribution in [2.45, 2.75) is 52.7 Å². The highest BCUT2D eigenvalue weighted by Gasteiger charge is 2.32. The summed E-state index contributed by atoms with van der Waals surface area (Å²) in [5, 5.41) is 2.64. The lowest BCUT2D eigenvalue weighted by atomic mass is 10.1. The third-order valence-corrected chi connectivity index (χ3v) is 5.07. The molecule has 2 aromatic carbocycles. The first-order chi connectivity index (χ1) is 14.4. The second-order valence-electron chi connectivity index (χ2n) is 8.10. The van der Waals surface area contributed by atoms with Gasteiger partial charge in [-0.2, -0.15) is 13.2 Å². The minimum atomic E-state index is -4.51. The van der Waals surface area contributed by atoms with Gasteiger partial charge in [0.25, 0.3) is 0 Å². The number of thiazole rings is 1. The molecule has 0 fully saturated rings. The van der Waals surface area contributed by atoms with Crippen molar-refractivity contribution in [1.29, 1.82) is 0 Å². The molecule has 3 rings (SSSR count). The second-order valence-corrected chi connectivity index (χ2v) is 9.13. The summed E-state index contributed by atoms with van der Waals surface area (Å²) >= 11 is 0.949. The molecule has 0 aliphatic carbocycles. The molecule has 0 bridgehead atoms. The molecule has 0 saturated heterocycles. The Morgan fingerprint density at radius 2 is 1.77 bits per heavy atom. The van der Waals surface area contributed by atoms with Crippen molar-refractivity contribution in [3.8, 4) is 0 Å². The van der Waals surface area contributed by atoms with E-state index in [1.165, 1.54) is 0 Å². The number of carbonyl (C=O) groups excluding carboxylic acids is 1. The van der Waals surface area contributed by atoms with Crippen LogP contribution in [-0.2, 0) is 28.9 Å². The van der Waals surface area contributed by atoms with Crippen LogP contribution in [0.25, 0.3) is 10.2 Å². The van der Waals surface area contributed by atoms with E-state index in [9.17, 15) is 18.0 Å². The lowest BCUT2D eigenvalue weighted by molar-refractivity contribution is -0.137. The van der Waals surface area contributed by atoms with E-state index in [2.05, 4.69) is 10.3 Å². The highest BCUT2D eigenvalue weighted by molar-refractivity contribution is 7.22. The molecule has 0 aliphatic heterocycles. The number of benzene rings is 2. The highest BCUT2D eigenvalue weighted by Crippen LogP contribution is 2.37. The van der Waals surface area contributed by atoms with Crippen LogP contribution in [-0.4, -0.2) is 16.7 Å². The Bertz CT molecular complexity index is 1070. The van der Waals surface area contributed by atoms with Crippen molar-refractivity contribution < 1.29 is 27.4 Å². The van der Waals surface area contributed by atoms with Crippen molar-refractivity contribution in [3.63, 3.8) is 0 Å². The Morgan fingerprint density at radius 1 is 1.10 bits per heavy atom. The number of alkyl halides is 3. The Labute approximate surface area is 182 Å². The molecule has 0 spiro atoms. The average molecular weight is 452 g/mol.